The summed E-state index contributed by atoms with van der Waals surface area (Å²) in [5.41, 5.74) is 24.0. The number of hydrogen-bond donors (Lipinski definition) is 21. The van der Waals surface area contributed by atoms with Crippen LogP contribution in [0.2, 0.25) is 0 Å². The largest absolute Gasteiger partial charge is 0.508 e. The van der Waals surface area contributed by atoms with E-state index in [1.807, 2.05) is 0 Å². The number of phenolic OH excluding ortho intramolecular Hbond substituents is 1. The van der Waals surface area contributed by atoms with Crippen LogP contribution in [0.3, 0.4) is 0 Å². The highest BCUT2D eigenvalue weighted by atomic mass is 16.4. The van der Waals surface area contributed by atoms with Crippen molar-refractivity contribution in [3.8, 4) is 5.75 Å². The predicted molar refractivity (Wildman–Crippen MR) is 397 cm³/mol. The lowest BCUT2D eigenvalue weighted by Gasteiger charge is -2.29. The minimum absolute atomic E-state index is 0.0250. The predicted octanol–water partition coefficient (Wildman–Crippen LogP) is -4.51. The third-order valence-electron chi connectivity index (χ3n) is 18.2. The molecule has 1 fully saturated rings. The van der Waals surface area contributed by atoms with Crippen molar-refractivity contribution in [2.45, 2.75) is 223 Å². The Kier molecular flexibility index (Phi) is 42.3. The van der Waals surface area contributed by atoms with Crippen molar-refractivity contribution in [2.24, 2.45) is 34.8 Å². The summed E-state index contributed by atoms with van der Waals surface area (Å²) in [7, 11) is 0. The minimum Gasteiger partial charge on any atom is -0.508 e. The molecule has 0 spiro atoms. The molecule has 612 valence electrons. The summed E-state index contributed by atoms with van der Waals surface area (Å²) in [6, 6.07) is -3.38. The zero-order valence-electron chi connectivity index (χ0n) is 63.0. The van der Waals surface area contributed by atoms with Crippen LogP contribution >= 0.6 is 0 Å². The lowest BCUT2D eigenvalue weighted by Crippen LogP contribution is -2.61. The zero-order chi connectivity index (χ0) is 82.2. The Morgan fingerprint density at radius 3 is 1.41 bits per heavy atom. The molecule has 1 saturated heterocycles. The number of carbonyl (C=O) groups excluding carboxylic acids is 13. The van der Waals surface area contributed by atoms with Gasteiger partial charge in [0.05, 0.1) is 19.2 Å². The van der Waals surface area contributed by atoms with Crippen LogP contribution in [0.4, 0.5) is 0 Å². The maximum Gasteiger partial charge on any atom is 0.322 e. The highest BCUT2D eigenvalue weighted by molar-refractivity contribution is 6.00. The Labute approximate surface area is 638 Å². The summed E-state index contributed by atoms with van der Waals surface area (Å²) in [4.78, 5) is 217. The highest BCUT2D eigenvalue weighted by Gasteiger charge is 2.41. The van der Waals surface area contributed by atoms with Crippen molar-refractivity contribution < 1.29 is 102 Å². The molecule has 2 aromatic carbocycles. The number of aromatic hydroxyl groups is 1. The van der Waals surface area contributed by atoms with Gasteiger partial charge in [0, 0.05) is 32.2 Å². The molecule has 25 N–H and O–H groups in total. The number of likely N-dealkylation sites (tertiary alicyclic amines) is 1. The van der Waals surface area contributed by atoms with Gasteiger partial charge in [0.2, 0.25) is 76.8 Å². The Morgan fingerprint density at radius 1 is 0.464 bits per heavy atom. The molecule has 0 radical (unpaired) electrons. The number of aliphatic hydroxyl groups is 1. The summed E-state index contributed by atoms with van der Waals surface area (Å²) in [6.45, 7) is 5.87. The molecule has 0 bridgehead atoms. The number of hydrogen-bond acceptors (Lipinski definition) is 22. The molecule has 0 saturated carbocycles. The van der Waals surface area contributed by atoms with Gasteiger partial charge in [-0.2, -0.15) is 0 Å². The molecule has 110 heavy (non-hydrogen) atoms. The second-order valence-electron chi connectivity index (χ2n) is 27.4. The van der Waals surface area contributed by atoms with Gasteiger partial charge < -0.3 is 117 Å². The van der Waals surface area contributed by atoms with Crippen molar-refractivity contribution in [3.05, 3.63) is 65.7 Å². The van der Waals surface area contributed by atoms with Gasteiger partial charge in [-0.15, -0.1) is 0 Å². The van der Waals surface area contributed by atoms with Gasteiger partial charge in [-0.1, -0.05) is 83.0 Å². The molecule has 38 heteroatoms. The van der Waals surface area contributed by atoms with Gasteiger partial charge in [0.25, 0.3) is 0 Å². The smallest absolute Gasteiger partial charge is 0.322 e. The molecule has 1 aliphatic heterocycles. The van der Waals surface area contributed by atoms with Crippen LogP contribution < -0.4 is 86.7 Å². The third-order valence-corrected chi connectivity index (χ3v) is 18.2. The molecule has 3 rings (SSSR count). The number of nitrogens with two attached hydrogens (primary N) is 4. The highest BCUT2D eigenvalue weighted by Crippen LogP contribution is 2.20. The Balaban J connectivity index is 1.81. The van der Waals surface area contributed by atoms with E-state index in [-0.39, 0.29) is 63.8 Å². The number of aliphatic hydroxyl groups excluding tert-OH is 1. The van der Waals surface area contributed by atoms with E-state index >= 15 is 0 Å². The van der Waals surface area contributed by atoms with E-state index < -0.39 is 224 Å². The van der Waals surface area contributed by atoms with E-state index in [0.717, 1.165) is 4.90 Å². The molecule has 13 amide bonds. The van der Waals surface area contributed by atoms with Gasteiger partial charge in [-0.05, 0) is 139 Å². The van der Waals surface area contributed by atoms with Crippen molar-refractivity contribution in [1.29, 1.82) is 0 Å². The first-order valence-corrected chi connectivity index (χ1v) is 37.0. The molecule has 2 aromatic rings. The van der Waals surface area contributed by atoms with Crippen molar-refractivity contribution in [3.63, 3.8) is 0 Å². The number of amides is 13. The molecule has 1 aliphatic rings. The van der Waals surface area contributed by atoms with E-state index in [0.29, 0.717) is 69.2 Å². The van der Waals surface area contributed by atoms with Crippen LogP contribution in [0.1, 0.15) is 148 Å². The van der Waals surface area contributed by atoms with E-state index in [9.17, 15) is 102 Å². The van der Waals surface area contributed by atoms with Gasteiger partial charge >= 0.3 is 17.9 Å². The number of carboxylic acid groups (broad SMARTS) is 3. The summed E-state index contributed by atoms with van der Waals surface area (Å²) in [6.07, 6.45) is 0.999. The Hall–Kier alpha value is -10.4. The molecule has 1 heterocycles. The first-order chi connectivity index (χ1) is 52.2. The van der Waals surface area contributed by atoms with E-state index in [1.54, 1.807) is 44.2 Å². The number of aliphatic carboxylic acids is 3. The summed E-state index contributed by atoms with van der Waals surface area (Å²) in [5, 5.41) is 78.9. The second-order valence-corrected chi connectivity index (χ2v) is 27.4. The van der Waals surface area contributed by atoms with Gasteiger partial charge in [0.15, 0.2) is 0 Å². The monoisotopic (exact) mass is 1550 g/mol. The number of nitrogens with zero attached hydrogens (tertiary/aromatic N) is 1. The first kappa shape index (κ1) is 93.8. The average Bonchev–Trinajstić information content (AvgIpc) is 1.22. The van der Waals surface area contributed by atoms with E-state index in [2.05, 4.69) is 63.8 Å². The lowest BCUT2D eigenvalue weighted by atomic mass is 9.97. The third kappa shape index (κ3) is 33.6. The van der Waals surface area contributed by atoms with E-state index in [1.165, 1.54) is 45.0 Å². The minimum atomic E-state index is -1.72. The van der Waals surface area contributed by atoms with Gasteiger partial charge in [0.1, 0.15) is 78.8 Å². The average molecular weight is 1550 g/mol. The standard InChI is InChI=1S/C72H113N17O21/c1-6-41(4)60(71(109)83-50(28-30-57(95)96)67(105)84-51(63(101)78-38-58(97)98)35-43-17-8-7-9-18-43)88-61(99)42(5)79-70(108)59(40(2)3)87-68(106)52(36-44-23-25-45(91)26-24-44)85-66(104)49(27-29-56(93)94)80-55(92)37-77-69(107)54-22-16-34-89(54)72(110)53(39-90)86-65(103)48(21-12-15-33-75)82-64(102)47(20-11-14-32-74)81-62(100)46(76)19-10-13-31-73/h7-9,17-18,23-26,40-42,46-54,59-60,90-91H,6,10-16,19-22,27-39,73-76H2,1-5H3,(H,77,107)(H,78,101)(H,79,108)(H,80,92)(H,81,100)(H,82,102)(H,83,109)(H,84,105)(H,85,104)(H,86,103)(H,87,106)(H,88,99)(H,93,94)(H,95,96)(H,97,98)/t41-,42-,46-,47-,48-,49-,50-,51-,52-,53-,54-,59-,60-/m0/s1. The Morgan fingerprint density at radius 2 is 0.909 bits per heavy atom. The first-order valence-electron chi connectivity index (χ1n) is 37.0. The fourth-order valence-electron chi connectivity index (χ4n) is 11.6. The number of phenols is 1. The number of carbonyl (C=O) groups is 16. The molecular weight excluding hydrogens is 1440 g/mol. The van der Waals surface area contributed by atoms with Crippen LogP contribution in [-0.2, 0) is 89.6 Å². The van der Waals surface area contributed by atoms with Crippen molar-refractivity contribution in [1.82, 2.24) is 68.7 Å². The van der Waals surface area contributed by atoms with Crippen LogP contribution in [0.5, 0.6) is 5.75 Å². The fourth-order valence-corrected chi connectivity index (χ4v) is 11.6. The number of benzene rings is 2. The topological polar surface area (TPSA) is 626 Å². The maximum absolute atomic E-state index is 14.5. The van der Waals surface area contributed by atoms with Crippen molar-refractivity contribution in [2.75, 3.05) is 45.9 Å². The van der Waals surface area contributed by atoms with Crippen LogP contribution in [0.25, 0.3) is 0 Å². The molecule has 0 unspecified atom stereocenters. The lowest BCUT2D eigenvalue weighted by molar-refractivity contribution is -0.143. The molecule has 38 nitrogen and oxygen atoms in total. The molecular formula is C72H113N17O21. The number of rotatable bonds is 52. The molecule has 13 atom stereocenters. The molecule has 0 aliphatic carbocycles. The van der Waals surface area contributed by atoms with Gasteiger partial charge in [-0.25, -0.2) is 0 Å². The van der Waals surface area contributed by atoms with Crippen LogP contribution in [0.15, 0.2) is 54.6 Å². The fraction of sp³-hybridized carbons (Fsp3) is 0.611. The number of carboxylic acids is 3. The maximum atomic E-state index is 14.5. The molecule has 0 aromatic heterocycles. The Bertz CT molecular complexity index is 3410. The van der Waals surface area contributed by atoms with E-state index in [4.69, 9.17) is 22.9 Å². The summed E-state index contributed by atoms with van der Waals surface area (Å²) < 4.78 is 0. The van der Waals surface area contributed by atoms with Crippen molar-refractivity contribution >= 4 is 94.7 Å². The quantitative estimate of drug-likeness (QED) is 0.0278. The van der Waals surface area contributed by atoms with Gasteiger partial charge in [-0.3, -0.25) is 76.7 Å². The normalized spacial score (nSPS) is 15.8. The number of nitrogens with one attached hydrogen (secondary N) is 12. The second kappa shape index (κ2) is 49.6. The van der Waals surface area contributed by atoms with Crippen LogP contribution in [0, 0.1) is 11.8 Å². The summed E-state index contributed by atoms with van der Waals surface area (Å²) in [5.74, 6) is -17.7. The SMILES string of the molecule is CC[C@H](C)[C@H](NC(=O)[C@H](C)NC(=O)[C@@H](NC(=O)[C@H](Cc1ccc(O)cc1)NC(=O)[C@H](CCC(=O)O)NC(=O)CNC(=O)[C@@H]1CCCN1C(=O)[C@H](CO)NC(=O)[C@H](CCCCN)NC(=O)[C@H](CCCCN)NC(=O)[C@@H](N)CCCCN)C(C)C)C(=O)N[C@@H](CCC(=O)O)C(=O)N[C@@H](Cc1ccccc1)C(=O)NCC(=O)O. The zero-order valence-corrected chi connectivity index (χ0v) is 63.0. The van der Waals surface area contributed by atoms with Crippen LogP contribution in [-0.4, -0.2) is 244 Å². The summed E-state index contributed by atoms with van der Waals surface area (Å²) >= 11 is 0. The number of unbranched alkanes of at least 4 members (excludes halogenated alkanes) is 3.